The topological polar surface area (TPSA) is 89.9 Å². The highest BCUT2D eigenvalue weighted by Crippen LogP contribution is 2.23. The molecular formula is C12H10F4N2O4. The van der Waals surface area contributed by atoms with Gasteiger partial charge in [-0.25, -0.2) is 17.6 Å². The van der Waals surface area contributed by atoms with E-state index in [1.165, 1.54) is 0 Å². The molecule has 1 aromatic carbocycles. The third kappa shape index (κ3) is 2.88. The molecule has 1 aromatic rings. The van der Waals surface area contributed by atoms with E-state index in [1.807, 2.05) is 0 Å². The number of hydrogen-bond donors (Lipinski definition) is 3. The van der Waals surface area contributed by atoms with Gasteiger partial charge < -0.3 is 20.4 Å². The first-order valence-corrected chi connectivity index (χ1v) is 6.01. The minimum absolute atomic E-state index is 0.187. The smallest absolute Gasteiger partial charge is 0.313 e. The zero-order chi connectivity index (χ0) is 16.6. The number of β-amino-alcohol motifs (C(OH)–C–C–N with tert-alkyl or cyclic N) is 2. The van der Waals surface area contributed by atoms with Crippen LogP contribution in [-0.4, -0.2) is 52.2 Å². The van der Waals surface area contributed by atoms with E-state index in [1.54, 1.807) is 5.32 Å². The Kier molecular flexibility index (Phi) is 4.33. The van der Waals surface area contributed by atoms with Crippen molar-refractivity contribution >= 4 is 17.5 Å². The average molecular weight is 322 g/mol. The van der Waals surface area contributed by atoms with E-state index in [0.717, 1.165) is 4.90 Å². The van der Waals surface area contributed by atoms with Crippen LogP contribution < -0.4 is 5.32 Å². The number of aliphatic hydroxyl groups excluding tert-OH is 2. The number of hydrogen-bond acceptors (Lipinski definition) is 4. The molecule has 1 heterocycles. The van der Waals surface area contributed by atoms with Crippen molar-refractivity contribution < 1.29 is 37.4 Å². The SMILES string of the molecule is O=C(Nc1cc(F)c(F)c(F)c1F)C(=O)N1C[C@@H](O)[C@@H](O)C1. The number of nitrogens with one attached hydrogen (secondary N) is 1. The molecule has 0 spiro atoms. The van der Waals surface area contributed by atoms with Crippen molar-refractivity contribution in [2.45, 2.75) is 12.2 Å². The zero-order valence-corrected chi connectivity index (χ0v) is 10.8. The molecule has 1 fully saturated rings. The molecule has 22 heavy (non-hydrogen) atoms. The number of aliphatic hydroxyl groups is 2. The van der Waals surface area contributed by atoms with E-state index in [9.17, 15) is 37.4 Å². The standard InChI is InChI=1S/C12H10F4N2O4/c13-4-1-5(9(15)10(16)8(4)14)17-11(21)12(22)18-2-6(19)7(20)3-18/h1,6-7,19-20H,2-3H2,(H,17,21)/t6-,7+. The van der Waals surface area contributed by atoms with Crippen molar-refractivity contribution in [1.82, 2.24) is 4.90 Å². The summed E-state index contributed by atoms with van der Waals surface area (Å²) in [6.07, 6.45) is -2.48. The molecule has 2 atom stereocenters. The molecule has 2 rings (SSSR count). The Bertz CT molecular complexity index is 630. The summed E-state index contributed by atoms with van der Waals surface area (Å²) in [6.45, 7) is -0.663. The Balaban J connectivity index is 2.14. The third-order valence-electron chi connectivity index (χ3n) is 3.09. The number of likely N-dealkylation sites (tertiary alicyclic amines) is 1. The van der Waals surface area contributed by atoms with Crippen molar-refractivity contribution in [3.63, 3.8) is 0 Å². The molecule has 6 nitrogen and oxygen atoms in total. The summed E-state index contributed by atoms with van der Waals surface area (Å²) in [4.78, 5) is 24.1. The van der Waals surface area contributed by atoms with E-state index in [-0.39, 0.29) is 19.2 Å². The second kappa shape index (κ2) is 5.89. The Labute approximate surface area is 120 Å². The Morgan fingerprint density at radius 1 is 1.05 bits per heavy atom. The number of benzene rings is 1. The normalized spacial score (nSPS) is 21.1. The number of carbonyl (C=O) groups is 2. The fourth-order valence-corrected chi connectivity index (χ4v) is 1.92. The molecule has 3 N–H and O–H groups in total. The number of amides is 2. The quantitative estimate of drug-likeness (QED) is 0.288. The predicted molar refractivity (Wildman–Crippen MR) is 63.5 cm³/mol. The van der Waals surface area contributed by atoms with Crippen LogP contribution in [0.5, 0.6) is 0 Å². The molecule has 0 aromatic heterocycles. The van der Waals surface area contributed by atoms with Crippen molar-refractivity contribution in [3.05, 3.63) is 29.3 Å². The fraction of sp³-hybridized carbons (Fsp3) is 0.333. The van der Waals surface area contributed by atoms with E-state index in [4.69, 9.17) is 0 Å². The van der Waals surface area contributed by atoms with E-state index < -0.39 is 53.0 Å². The Morgan fingerprint density at radius 2 is 1.59 bits per heavy atom. The summed E-state index contributed by atoms with van der Waals surface area (Å²) in [5.41, 5.74) is -1.05. The summed E-state index contributed by atoms with van der Waals surface area (Å²) in [6, 6.07) is 0.187. The maximum absolute atomic E-state index is 13.4. The number of rotatable bonds is 1. The first kappa shape index (κ1) is 16.2. The molecule has 2 amide bonds. The van der Waals surface area contributed by atoms with Gasteiger partial charge in [-0.1, -0.05) is 0 Å². The van der Waals surface area contributed by atoms with Gasteiger partial charge in [-0.05, 0) is 0 Å². The maximum atomic E-state index is 13.4. The zero-order valence-electron chi connectivity index (χ0n) is 10.8. The Hall–Kier alpha value is -2.20. The first-order valence-electron chi connectivity index (χ1n) is 6.01. The highest BCUT2D eigenvalue weighted by Gasteiger charge is 2.35. The largest absolute Gasteiger partial charge is 0.388 e. The van der Waals surface area contributed by atoms with Gasteiger partial charge in [-0.2, -0.15) is 0 Å². The summed E-state index contributed by atoms with van der Waals surface area (Å²) < 4.78 is 52.1. The van der Waals surface area contributed by atoms with Gasteiger partial charge in [-0.15, -0.1) is 0 Å². The highest BCUT2D eigenvalue weighted by molar-refractivity contribution is 6.39. The Morgan fingerprint density at radius 3 is 2.14 bits per heavy atom. The number of halogens is 4. The predicted octanol–water partition coefficient (Wildman–Crippen LogP) is -0.254. The van der Waals surface area contributed by atoms with E-state index in [0.29, 0.717) is 0 Å². The van der Waals surface area contributed by atoms with Gasteiger partial charge >= 0.3 is 11.8 Å². The van der Waals surface area contributed by atoms with Gasteiger partial charge in [-0.3, -0.25) is 9.59 Å². The maximum Gasteiger partial charge on any atom is 0.313 e. The van der Waals surface area contributed by atoms with Crippen molar-refractivity contribution in [2.75, 3.05) is 18.4 Å². The molecule has 10 heteroatoms. The number of nitrogens with zero attached hydrogens (tertiary/aromatic N) is 1. The minimum atomic E-state index is -2.13. The first-order chi connectivity index (χ1) is 10.2. The van der Waals surface area contributed by atoms with Gasteiger partial charge in [0.1, 0.15) is 0 Å². The van der Waals surface area contributed by atoms with E-state index >= 15 is 0 Å². The third-order valence-corrected chi connectivity index (χ3v) is 3.09. The lowest BCUT2D eigenvalue weighted by Crippen LogP contribution is -2.39. The van der Waals surface area contributed by atoms with Crippen LogP contribution in [0.2, 0.25) is 0 Å². The summed E-state index contributed by atoms with van der Waals surface area (Å²) >= 11 is 0. The van der Waals surface area contributed by atoms with Gasteiger partial charge in [0.05, 0.1) is 17.9 Å². The van der Waals surface area contributed by atoms with Crippen LogP contribution in [0.25, 0.3) is 0 Å². The van der Waals surface area contributed by atoms with Crippen LogP contribution >= 0.6 is 0 Å². The number of anilines is 1. The van der Waals surface area contributed by atoms with Crippen LogP contribution in [0.4, 0.5) is 23.2 Å². The van der Waals surface area contributed by atoms with Crippen LogP contribution in [0.1, 0.15) is 0 Å². The molecule has 1 saturated heterocycles. The average Bonchev–Trinajstić information content (AvgIpc) is 2.81. The van der Waals surface area contributed by atoms with Crippen molar-refractivity contribution in [3.8, 4) is 0 Å². The van der Waals surface area contributed by atoms with Crippen LogP contribution in [-0.2, 0) is 9.59 Å². The molecule has 1 aliphatic heterocycles. The lowest BCUT2D eigenvalue weighted by atomic mass is 10.2. The fourth-order valence-electron chi connectivity index (χ4n) is 1.92. The molecular weight excluding hydrogens is 312 g/mol. The molecule has 1 aliphatic rings. The molecule has 0 unspecified atom stereocenters. The van der Waals surface area contributed by atoms with Crippen molar-refractivity contribution in [2.24, 2.45) is 0 Å². The molecule has 0 saturated carbocycles. The van der Waals surface area contributed by atoms with Gasteiger partial charge in [0, 0.05) is 19.2 Å². The number of carbonyl (C=O) groups excluding carboxylic acids is 2. The van der Waals surface area contributed by atoms with E-state index in [2.05, 4.69) is 0 Å². The molecule has 120 valence electrons. The van der Waals surface area contributed by atoms with Gasteiger partial charge in [0.2, 0.25) is 0 Å². The molecule has 0 bridgehead atoms. The van der Waals surface area contributed by atoms with Gasteiger partial charge in [0.15, 0.2) is 23.3 Å². The van der Waals surface area contributed by atoms with Crippen LogP contribution in [0.3, 0.4) is 0 Å². The summed E-state index contributed by atoms with van der Waals surface area (Å²) in [5, 5.41) is 20.1. The second-order valence-electron chi connectivity index (χ2n) is 4.65. The summed E-state index contributed by atoms with van der Waals surface area (Å²) in [7, 11) is 0. The minimum Gasteiger partial charge on any atom is -0.388 e. The van der Waals surface area contributed by atoms with Gasteiger partial charge in [0.25, 0.3) is 0 Å². The highest BCUT2D eigenvalue weighted by atomic mass is 19.2. The second-order valence-corrected chi connectivity index (χ2v) is 4.65. The van der Waals surface area contributed by atoms with Crippen LogP contribution in [0.15, 0.2) is 6.07 Å². The molecule has 0 radical (unpaired) electrons. The lowest BCUT2D eigenvalue weighted by molar-refractivity contribution is -0.142. The summed E-state index contributed by atoms with van der Waals surface area (Å²) in [5.74, 6) is -10.5. The lowest BCUT2D eigenvalue weighted by Gasteiger charge is -2.15. The monoisotopic (exact) mass is 322 g/mol. The van der Waals surface area contributed by atoms with Crippen LogP contribution in [0, 0.1) is 23.3 Å². The van der Waals surface area contributed by atoms with Crippen molar-refractivity contribution in [1.29, 1.82) is 0 Å². The molecule has 0 aliphatic carbocycles.